The Hall–Kier alpha value is -1.81. The van der Waals surface area contributed by atoms with Gasteiger partial charge >= 0.3 is 5.97 Å². The Balaban J connectivity index is 2.04. The first-order chi connectivity index (χ1) is 9.85. The second-order valence-corrected chi connectivity index (χ2v) is 7.15. The number of carbonyl (C=O) groups is 1. The van der Waals surface area contributed by atoms with Crippen LogP contribution in [-0.4, -0.2) is 11.6 Å². The van der Waals surface area contributed by atoms with Crippen LogP contribution in [0.3, 0.4) is 0 Å². The van der Waals surface area contributed by atoms with Crippen LogP contribution in [0.2, 0.25) is 0 Å². The van der Waals surface area contributed by atoms with Crippen molar-refractivity contribution < 1.29 is 9.53 Å². The van der Waals surface area contributed by atoms with Crippen molar-refractivity contribution in [3.05, 3.63) is 52.4 Å². The van der Waals surface area contributed by atoms with Crippen molar-refractivity contribution in [2.75, 3.05) is 5.73 Å². The zero-order chi connectivity index (χ0) is 15.5. The van der Waals surface area contributed by atoms with Gasteiger partial charge in [-0.1, -0.05) is 30.3 Å². The Bertz CT molecular complexity index is 611. The molecule has 0 aliphatic carbocycles. The molecule has 0 spiro atoms. The van der Waals surface area contributed by atoms with Crippen LogP contribution < -0.4 is 5.73 Å². The summed E-state index contributed by atoms with van der Waals surface area (Å²) in [5.41, 5.74) is 7.21. The first kappa shape index (κ1) is 15.6. The van der Waals surface area contributed by atoms with Crippen molar-refractivity contribution in [3.63, 3.8) is 0 Å². The normalized spacial score (nSPS) is 11.4. The Morgan fingerprint density at radius 1 is 1.19 bits per heavy atom. The lowest BCUT2D eigenvalue weighted by atomic mass is 10.1. The van der Waals surface area contributed by atoms with Gasteiger partial charge in [-0.15, -0.1) is 11.3 Å². The number of rotatable bonds is 4. The van der Waals surface area contributed by atoms with Gasteiger partial charge in [-0.2, -0.15) is 0 Å². The summed E-state index contributed by atoms with van der Waals surface area (Å²) in [6.07, 6.45) is 1.82. The summed E-state index contributed by atoms with van der Waals surface area (Å²) in [5, 5.41) is 0.535. The standard InChI is InChI=1S/C17H21NO2S/c1-17(2,3)20-16(19)14-11-13(21-15(14)18)10-9-12-7-5-4-6-8-12/h4-8,11H,9-10,18H2,1-3H3. The summed E-state index contributed by atoms with van der Waals surface area (Å²) >= 11 is 1.46. The second-order valence-electron chi connectivity index (χ2n) is 5.98. The Morgan fingerprint density at radius 3 is 2.48 bits per heavy atom. The number of aryl methyl sites for hydroxylation is 2. The third-order valence-electron chi connectivity index (χ3n) is 2.93. The number of thiophene rings is 1. The summed E-state index contributed by atoms with van der Waals surface area (Å²) in [6, 6.07) is 12.1. The third-order valence-corrected chi connectivity index (χ3v) is 3.96. The van der Waals surface area contributed by atoms with Crippen molar-refractivity contribution in [3.8, 4) is 0 Å². The van der Waals surface area contributed by atoms with Gasteiger partial charge in [0.15, 0.2) is 0 Å². The fourth-order valence-corrected chi connectivity index (χ4v) is 2.90. The molecule has 3 nitrogen and oxygen atoms in total. The molecule has 0 saturated carbocycles. The molecule has 21 heavy (non-hydrogen) atoms. The van der Waals surface area contributed by atoms with E-state index in [4.69, 9.17) is 10.5 Å². The van der Waals surface area contributed by atoms with Crippen LogP contribution in [0.25, 0.3) is 0 Å². The van der Waals surface area contributed by atoms with Crippen molar-refractivity contribution in [1.82, 2.24) is 0 Å². The maximum Gasteiger partial charge on any atom is 0.341 e. The molecular formula is C17H21NO2S. The number of ether oxygens (including phenoxy) is 1. The molecule has 0 aliphatic rings. The molecule has 2 aromatic rings. The average molecular weight is 303 g/mol. The van der Waals surface area contributed by atoms with Gasteiger partial charge in [-0.3, -0.25) is 0 Å². The smallest absolute Gasteiger partial charge is 0.341 e. The van der Waals surface area contributed by atoms with E-state index >= 15 is 0 Å². The molecule has 0 atom stereocenters. The fraction of sp³-hybridized carbons (Fsp3) is 0.353. The molecule has 0 amide bonds. The van der Waals surface area contributed by atoms with Crippen molar-refractivity contribution in [2.45, 2.75) is 39.2 Å². The predicted octanol–water partition coefficient (Wildman–Crippen LogP) is 4.07. The molecule has 1 aromatic carbocycles. The van der Waals surface area contributed by atoms with E-state index in [2.05, 4.69) is 12.1 Å². The van der Waals surface area contributed by atoms with Gasteiger partial charge in [0.2, 0.25) is 0 Å². The molecule has 0 radical (unpaired) electrons. The van der Waals surface area contributed by atoms with Crippen molar-refractivity contribution in [1.29, 1.82) is 0 Å². The van der Waals surface area contributed by atoms with E-state index in [1.54, 1.807) is 0 Å². The Morgan fingerprint density at radius 2 is 1.86 bits per heavy atom. The Kier molecular flexibility index (Phi) is 4.68. The lowest BCUT2D eigenvalue weighted by Crippen LogP contribution is -2.24. The largest absolute Gasteiger partial charge is 0.456 e. The van der Waals surface area contributed by atoms with E-state index in [0.29, 0.717) is 10.6 Å². The maximum atomic E-state index is 12.1. The number of nitrogens with two attached hydrogens (primary N) is 1. The highest BCUT2D eigenvalue weighted by molar-refractivity contribution is 7.16. The fourth-order valence-electron chi connectivity index (χ4n) is 1.99. The van der Waals surface area contributed by atoms with Gasteiger partial charge < -0.3 is 10.5 Å². The topological polar surface area (TPSA) is 52.3 Å². The average Bonchev–Trinajstić information content (AvgIpc) is 2.77. The zero-order valence-corrected chi connectivity index (χ0v) is 13.5. The lowest BCUT2D eigenvalue weighted by Gasteiger charge is -2.19. The highest BCUT2D eigenvalue weighted by atomic mass is 32.1. The van der Waals surface area contributed by atoms with Crippen LogP contribution in [0.5, 0.6) is 0 Å². The molecular weight excluding hydrogens is 282 g/mol. The molecule has 0 aliphatic heterocycles. The van der Waals surface area contributed by atoms with E-state index in [0.717, 1.165) is 17.7 Å². The van der Waals surface area contributed by atoms with Crippen LogP contribution >= 0.6 is 11.3 Å². The maximum absolute atomic E-state index is 12.1. The van der Waals surface area contributed by atoms with Gasteiger partial charge in [0.05, 0.1) is 5.56 Å². The first-order valence-corrected chi connectivity index (χ1v) is 7.82. The number of nitrogen functional groups attached to an aromatic ring is 1. The van der Waals surface area contributed by atoms with Crippen LogP contribution in [0.1, 0.15) is 41.6 Å². The summed E-state index contributed by atoms with van der Waals surface area (Å²) in [6.45, 7) is 5.55. The predicted molar refractivity (Wildman–Crippen MR) is 87.7 cm³/mol. The molecule has 0 fully saturated rings. The van der Waals surface area contributed by atoms with Gasteiger partial charge in [0.1, 0.15) is 10.6 Å². The molecule has 1 aromatic heterocycles. The third kappa shape index (κ3) is 4.60. The molecule has 112 valence electrons. The minimum atomic E-state index is -0.504. The van der Waals surface area contributed by atoms with E-state index < -0.39 is 5.60 Å². The monoisotopic (exact) mass is 303 g/mol. The number of anilines is 1. The molecule has 0 bridgehead atoms. The summed E-state index contributed by atoms with van der Waals surface area (Å²) < 4.78 is 5.37. The first-order valence-electron chi connectivity index (χ1n) is 7.00. The lowest BCUT2D eigenvalue weighted by molar-refractivity contribution is 0.00712. The van der Waals surface area contributed by atoms with Gasteiger partial charge in [0, 0.05) is 4.88 Å². The van der Waals surface area contributed by atoms with Crippen LogP contribution in [0.15, 0.2) is 36.4 Å². The summed E-state index contributed by atoms with van der Waals surface area (Å²) in [5.74, 6) is -0.345. The summed E-state index contributed by atoms with van der Waals surface area (Å²) in [4.78, 5) is 13.2. The highest BCUT2D eigenvalue weighted by Crippen LogP contribution is 2.28. The minimum Gasteiger partial charge on any atom is -0.456 e. The van der Waals surface area contributed by atoms with Gasteiger partial charge in [-0.25, -0.2) is 4.79 Å². The van der Waals surface area contributed by atoms with Crippen LogP contribution in [0.4, 0.5) is 5.00 Å². The van der Waals surface area contributed by atoms with E-state index in [1.165, 1.54) is 16.9 Å². The van der Waals surface area contributed by atoms with E-state index in [9.17, 15) is 4.79 Å². The second kappa shape index (κ2) is 6.31. The van der Waals surface area contributed by atoms with E-state index in [-0.39, 0.29) is 5.97 Å². The molecule has 2 N–H and O–H groups in total. The molecule has 0 saturated heterocycles. The molecule has 1 heterocycles. The van der Waals surface area contributed by atoms with Gasteiger partial charge in [0.25, 0.3) is 0 Å². The number of benzene rings is 1. The Labute approximate surface area is 129 Å². The minimum absolute atomic E-state index is 0.345. The van der Waals surface area contributed by atoms with Gasteiger partial charge in [-0.05, 0) is 45.2 Å². The van der Waals surface area contributed by atoms with Crippen molar-refractivity contribution >= 4 is 22.3 Å². The quantitative estimate of drug-likeness (QED) is 0.866. The van der Waals surface area contributed by atoms with Crippen molar-refractivity contribution in [2.24, 2.45) is 0 Å². The molecule has 0 unspecified atom stereocenters. The molecule has 4 heteroatoms. The zero-order valence-electron chi connectivity index (χ0n) is 12.7. The number of carbonyl (C=O) groups excluding carboxylic acids is 1. The van der Waals surface area contributed by atoms with E-state index in [1.807, 2.05) is 45.0 Å². The SMILES string of the molecule is CC(C)(C)OC(=O)c1cc(CCc2ccccc2)sc1N. The highest BCUT2D eigenvalue weighted by Gasteiger charge is 2.21. The van der Waals surface area contributed by atoms with Crippen LogP contribution in [-0.2, 0) is 17.6 Å². The number of hydrogen-bond acceptors (Lipinski definition) is 4. The van der Waals surface area contributed by atoms with Crippen LogP contribution in [0, 0.1) is 0 Å². The molecule has 2 rings (SSSR count). The number of esters is 1. The number of hydrogen-bond donors (Lipinski definition) is 1. The summed E-state index contributed by atoms with van der Waals surface area (Å²) in [7, 11) is 0.